The van der Waals surface area contributed by atoms with Gasteiger partial charge in [0, 0.05) is 220 Å². The van der Waals surface area contributed by atoms with Crippen LogP contribution in [0, 0.1) is 0 Å². The SMILES string of the molecule is CN1CCCN(C(=O)c2cc3cc(Nc4nccc(-c5cn(C)cn5)n4)cc(Cl)c3[nH]2)CC1.Cn1cnc(-c2ccnc(Nc3cc(Cl)c4[nH]c(C(=O)N5CCC(N6CC(O)C6)CC5)cc4c3)n2)c1.Cn1cnc(-c2ccnc(Nc3cc(Cl)c4[nH]c(C(=O)NCCCCCN5CCOCC5)cc4c3)n2)c1.Cn1cnc(-c2ccnc(Nc3cc(Cl)c4[nH]c(C(=O)NCCN5CCOCC5)cc4c3)n2)c1. The second-order valence-corrected chi connectivity index (χ2v) is 36.9. The van der Waals surface area contributed by atoms with Crippen LogP contribution < -0.4 is 31.9 Å². The summed E-state index contributed by atoms with van der Waals surface area (Å²) in [7, 11) is 9.72. The summed E-state index contributed by atoms with van der Waals surface area (Å²) in [5.74, 6) is 1.40. The number of carbonyl (C=O) groups is 4. The Morgan fingerprint density at radius 3 is 1.10 bits per heavy atom. The fourth-order valence-corrected chi connectivity index (χ4v) is 18.4. The number of likely N-dealkylation sites (N-methyl/N-ethyl adjacent to an activating group) is 1. The number of nitrogens with zero attached hydrogens (tertiary/aromatic N) is 22. The Morgan fingerprint density at radius 1 is 0.386 bits per heavy atom. The molecule has 39 nitrogen and oxygen atoms in total. The Morgan fingerprint density at radius 2 is 0.736 bits per heavy atom. The zero-order chi connectivity index (χ0) is 96.9. The molecule has 5 aliphatic heterocycles. The Bertz CT molecular complexity index is 7060. The number of nitrogens with one attached hydrogen (secondary N) is 10. The molecule has 0 radical (unpaired) electrons. The number of piperidine rings is 1. The molecular formula is C97H108Cl4N32O7. The predicted molar refractivity (Wildman–Crippen MR) is 541 cm³/mol. The van der Waals surface area contributed by atoms with Gasteiger partial charge in [-0.3, -0.25) is 33.9 Å². The van der Waals surface area contributed by atoms with E-state index in [1.165, 1.54) is 0 Å². The number of aliphatic hydroxyl groups is 1. The molecule has 140 heavy (non-hydrogen) atoms. The van der Waals surface area contributed by atoms with Crippen molar-refractivity contribution in [3.8, 4) is 45.6 Å². The third-order valence-corrected chi connectivity index (χ3v) is 25.9. The minimum Gasteiger partial charge on any atom is -0.390 e. The van der Waals surface area contributed by atoms with E-state index in [2.05, 4.69) is 138 Å². The smallest absolute Gasteiger partial charge is 0.270 e. The standard InChI is InChI=1S/C26H31ClN8O2.C25H27ClN8O2.C23H25ClN8O2.C23H25ClN8O/c1-34-16-23(30-17-34)21-5-7-29-26(33-21)31-19-13-18-14-22(32-24(18)20(27)15-19)25(36)28-6-3-2-4-8-35-9-11-37-12-10-35;1-32-13-22(28-14-32)20-2-5-27-25(31-20)29-16-8-15-9-21(30-23(15)19(26)10-16)24(36)33-6-3-17(4-7-33)34-11-18(35)12-34;1-31-13-20(27-14-31)18-2-3-26-23(30-18)28-16-10-15-11-19(29-21(15)17(24)12-16)22(33)25-4-5-32-6-8-34-9-7-32;1-30-6-3-7-32(9-8-30)22(33)19-11-15-10-16(12-17(24)21(15)28-19)27-23-25-5-4-18(29-23)20-13-31(2)14-26-20/h5,7,13-17,32H,2-4,6,8-12H2,1H3,(H,28,36)(H,29,31,33);2,5,8-10,13-14,17-18,30,35H,3-4,6-7,11-12H2,1H3,(H,27,29,31);2-3,10-14,29H,4-9H2,1H3,(H,25,33)(H,26,28,30);4-5,10-14,28H,3,6-9H2,1-2H3,(H,25,27,29). The van der Waals surface area contributed by atoms with E-state index in [1.807, 2.05) is 142 Å². The number of aliphatic hydroxyl groups excluding tert-OH is 1. The van der Waals surface area contributed by atoms with Gasteiger partial charge in [-0.15, -0.1) is 0 Å². The van der Waals surface area contributed by atoms with Gasteiger partial charge in [0.2, 0.25) is 23.8 Å². The lowest BCUT2D eigenvalue weighted by molar-refractivity contribution is -0.0381. The molecule has 5 saturated heterocycles. The van der Waals surface area contributed by atoms with E-state index in [-0.39, 0.29) is 29.7 Å². The largest absolute Gasteiger partial charge is 0.390 e. The average Bonchev–Trinajstić information content (AvgIpc) is 1.63. The molecule has 5 aliphatic rings. The molecule has 21 rings (SSSR count). The summed E-state index contributed by atoms with van der Waals surface area (Å²) in [6, 6.07) is 29.8. The van der Waals surface area contributed by atoms with E-state index < -0.39 is 0 Å². The highest BCUT2D eigenvalue weighted by Gasteiger charge is 2.35. The van der Waals surface area contributed by atoms with Crippen LogP contribution in [0.3, 0.4) is 0 Å². The van der Waals surface area contributed by atoms with Gasteiger partial charge in [0.25, 0.3) is 23.6 Å². The van der Waals surface area contributed by atoms with Gasteiger partial charge in [0.15, 0.2) is 0 Å². The minimum absolute atomic E-state index is 0.00142. The number of fused-ring (bicyclic) bond motifs is 4. The van der Waals surface area contributed by atoms with Crippen LogP contribution in [0.5, 0.6) is 0 Å². The number of carbonyl (C=O) groups excluding carboxylic acids is 4. The first kappa shape index (κ1) is 96.4. The molecule has 0 bridgehead atoms. The molecule has 16 aromatic rings. The second kappa shape index (κ2) is 44.5. The lowest BCUT2D eigenvalue weighted by atomic mass is 9.98. The van der Waals surface area contributed by atoms with Crippen molar-refractivity contribution < 1.29 is 33.8 Å². The Hall–Kier alpha value is -13.8. The average molecular weight is 1980 g/mol. The highest BCUT2D eigenvalue weighted by Crippen LogP contribution is 2.37. The topological polar surface area (TPSA) is 436 Å². The summed E-state index contributed by atoms with van der Waals surface area (Å²) in [5, 5.41) is 33.7. The summed E-state index contributed by atoms with van der Waals surface area (Å²) < 4.78 is 18.2. The number of anilines is 8. The van der Waals surface area contributed by atoms with E-state index in [4.69, 9.17) is 55.9 Å². The van der Waals surface area contributed by atoms with Crippen LogP contribution in [0.25, 0.3) is 89.2 Å². The predicted octanol–water partition coefficient (Wildman–Crippen LogP) is 13.4. The molecular weight excluding hydrogens is 1870 g/mol. The van der Waals surface area contributed by atoms with Crippen LogP contribution in [0.2, 0.25) is 20.1 Å². The molecule has 11 N–H and O–H groups in total. The molecule has 0 atom stereocenters. The number of imidazole rings is 4. The molecule has 12 aromatic heterocycles. The number of halogens is 4. The molecule has 0 aliphatic carbocycles. The van der Waals surface area contributed by atoms with E-state index >= 15 is 0 Å². The van der Waals surface area contributed by atoms with E-state index in [0.717, 1.165) is 222 Å². The third-order valence-electron chi connectivity index (χ3n) is 24.7. The first-order valence-electron chi connectivity index (χ1n) is 46.5. The zero-order valence-electron chi connectivity index (χ0n) is 78.0. The number of hydrogen-bond acceptors (Lipinski definition) is 27. The molecule has 726 valence electrons. The Balaban J connectivity index is 0.000000124. The number of hydrogen-bond donors (Lipinski definition) is 11. The van der Waals surface area contributed by atoms with Crippen molar-refractivity contribution in [3.05, 3.63) is 215 Å². The maximum atomic E-state index is 13.2. The zero-order valence-corrected chi connectivity index (χ0v) is 81.0. The normalized spacial score (nSPS) is 15.3. The second-order valence-electron chi connectivity index (χ2n) is 35.2. The summed E-state index contributed by atoms with van der Waals surface area (Å²) >= 11 is 26.2. The lowest BCUT2D eigenvalue weighted by Crippen LogP contribution is -2.58. The number of likely N-dealkylation sites (tertiary alicyclic amines) is 2. The van der Waals surface area contributed by atoms with Gasteiger partial charge in [0.1, 0.15) is 45.6 Å². The summed E-state index contributed by atoms with van der Waals surface area (Å²) in [5.41, 5.74) is 13.7. The van der Waals surface area contributed by atoms with Crippen LogP contribution in [0.1, 0.15) is 80.5 Å². The fraction of sp³-hybridized carbons (Fsp3) is 0.340. The van der Waals surface area contributed by atoms with Crippen molar-refractivity contribution in [2.75, 3.05) is 159 Å². The summed E-state index contributed by atoms with van der Waals surface area (Å²) in [6.45, 7) is 16.3. The molecule has 4 amide bonds. The number of H-pyrrole nitrogens is 4. The number of morpholine rings is 2. The Kier molecular flexibility index (Phi) is 30.7. The molecule has 0 spiro atoms. The summed E-state index contributed by atoms with van der Waals surface area (Å²) in [6.07, 6.45) is 27.0. The van der Waals surface area contributed by atoms with Crippen LogP contribution in [0.4, 0.5) is 46.5 Å². The van der Waals surface area contributed by atoms with Gasteiger partial charge in [0.05, 0.1) is 123 Å². The number of rotatable bonds is 26. The van der Waals surface area contributed by atoms with Gasteiger partial charge in [-0.05, 0) is 149 Å². The van der Waals surface area contributed by atoms with Crippen LogP contribution in [-0.2, 0) is 37.7 Å². The van der Waals surface area contributed by atoms with Gasteiger partial charge in [-0.2, -0.15) is 0 Å². The van der Waals surface area contributed by atoms with E-state index in [9.17, 15) is 24.3 Å². The van der Waals surface area contributed by atoms with Crippen molar-refractivity contribution in [1.29, 1.82) is 0 Å². The molecule has 43 heteroatoms. The number of β-amino-alcohol motifs (C(OH)–C–C–N with tert-alkyl or cyclic N) is 1. The molecule has 17 heterocycles. The lowest BCUT2D eigenvalue weighted by Gasteiger charge is -2.45. The minimum atomic E-state index is -0.198. The Labute approximate surface area is 825 Å². The number of benzene rings is 4. The fourth-order valence-electron chi connectivity index (χ4n) is 17.3. The first-order valence-corrected chi connectivity index (χ1v) is 48.0. The third kappa shape index (κ3) is 24.3. The van der Waals surface area contributed by atoms with Crippen molar-refractivity contribution in [2.45, 2.75) is 50.7 Å². The number of unbranched alkanes of at least 4 members (excludes halogenated alkanes) is 2. The van der Waals surface area contributed by atoms with E-state index in [1.54, 1.807) is 86.5 Å². The maximum Gasteiger partial charge on any atom is 0.270 e. The number of aryl methyl sites for hydroxylation is 4. The molecule has 0 saturated carbocycles. The number of amides is 4. The van der Waals surface area contributed by atoms with Gasteiger partial charge in [-0.25, -0.2) is 59.8 Å². The molecule has 0 unspecified atom stereocenters. The van der Waals surface area contributed by atoms with Crippen LogP contribution >= 0.6 is 46.4 Å². The van der Waals surface area contributed by atoms with Crippen molar-refractivity contribution >= 4 is 160 Å². The number of aromatic nitrogens is 20. The quantitative estimate of drug-likeness (QED) is 0.0224. The van der Waals surface area contributed by atoms with Crippen LogP contribution in [-0.4, -0.2) is 306 Å². The van der Waals surface area contributed by atoms with E-state index in [0.29, 0.717) is 133 Å². The van der Waals surface area contributed by atoms with Gasteiger partial charge >= 0.3 is 0 Å². The highest BCUT2D eigenvalue weighted by atomic mass is 35.5. The monoisotopic (exact) mass is 1970 g/mol. The van der Waals surface area contributed by atoms with Crippen molar-refractivity contribution in [1.82, 2.24) is 138 Å². The first-order chi connectivity index (χ1) is 68.0. The van der Waals surface area contributed by atoms with Gasteiger partial charge in [-0.1, -0.05) is 52.8 Å². The number of aromatic amines is 4. The van der Waals surface area contributed by atoms with Gasteiger partial charge < -0.3 is 99.4 Å². The van der Waals surface area contributed by atoms with Crippen LogP contribution in [0.15, 0.2) is 172 Å². The summed E-state index contributed by atoms with van der Waals surface area (Å²) in [4.78, 5) is 130. The number of ether oxygens (including phenoxy) is 2. The van der Waals surface area contributed by atoms with Crippen molar-refractivity contribution in [3.63, 3.8) is 0 Å². The molecule has 5 fully saturated rings. The van der Waals surface area contributed by atoms with Crippen molar-refractivity contribution in [2.24, 2.45) is 28.2 Å². The highest BCUT2D eigenvalue weighted by molar-refractivity contribution is 6.37. The maximum absolute atomic E-state index is 13.2. The molecule has 4 aromatic carbocycles.